The second-order valence-corrected chi connectivity index (χ2v) is 9.70. The van der Waals surface area contributed by atoms with E-state index in [1.807, 2.05) is 42.5 Å². The van der Waals surface area contributed by atoms with E-state index < -0.39 is 6.09 Å². The van der Waals surface area contributed by atoms with Crippen molar-refractivity contribution in [3.8, 4) is 16.9 Å². The number of rotatable bonds is 21. The summed E-state index contributed by atoms with van der Waals surface area (Å²) in [5.74, 6) is 0.706. The first-order valence-electron chi connectivity index (χ1n) is 14.7. The van der Waals surface area contributed by atoms with Gasteiger partial charge in [-0.3, -0.25) is 0 Å². The maximum Gasteiger partial charge on any atom is 0.407 e. The van der Waals surface area contributed by atoms with Crippen LogP contribution in [0.4, 0.5) is 10.5 Å². The lowest BCUT2D eigenvalue weighted by Crippen LogP contribution is -2.29. The van der Waals surface area contributed by atoms with Gasteiger partial charge in [-0.25, -0.2) is 4.79 Å². The molecule has 0 spiro atoms. The van der Waals surface area contributed by atoms with Crippen molar-refractivity contribution in [2.24, 2.45) is 0 Å². The monoisotopic (exact) mass is 594 g/mol. The lowest BCUT2D eigenvalue weighted by atomic mass is 9.98. The van der Waals surface area contributed by atoms with Crippen molar-refractivity contribution in [1.29, 1.82) is 0 Å². The van der Waals surface area contributed by atoms with Crippen LogP contribution in [0, 0.1) is 0 Å². The Labute approximate surface area is 253 Å². The van der Waals surface area contributed by atoms with Gasteiger partial charge in [0.2, 0.25) is 0 Å². The molecule has 0 unspecified atom stereocenters. The first kappa shape index (κ1) is 32.2. The Morgan fingerprint density at radius 3 is 1.63 bits per heavy atom. The van der Waals surface area contributed by atoms with Gasteiger partial charge in [0.15, 0.2) is 0 Å². The van der Waals surface area contributed by atoms with E-state index in [1.165, 1.54) is 22.3 Å². The molecule has 0 radical (unpaired) electrons. The summed E-state index contributed by atoms with van der Waals surface area (Å²) >= 11 is 0. The van der Waals surface area contributed by atoms with Crippen LogP contribution in [-0.4, -0.2) is 91.9 Å². The Morgan fingerprint density at radius 1 is 0.605 bits per heavy atom. The minimum Gasteiger partial charge on any atom is -0.489 e. The molecular weight excluding hydrogens is 552 g/mol. The molecule has 0 fully saturated rings. The lowest BCUT2D eigenvalue weighted by Gasteiger charge is -2.14. The molecule has 1 amide bonds. The second-order valence-electron chi connectivity index (χ2n) is 9.70. The Morgan fingerprint density at radius 2 is 1.07 bits per heavy atom. The number of carbonyl (C=O) groups is 1. The van der Waals surface area contributed by atoms with Crippen molar-refractivity contribution in [2.75, 3.05) is 91.6 Å². The molecule has 0 saturated heterocycles. The molecular formula is C33H42N2O8. The van der Waals surface area contributed by atoms with Gasteiger partial charge in [0.25, 0.3) is 0 Å². The first-order valence-corrected chi connectivity index (χ1v) is 14.7. The smallest absolute Gasteiger partial charge is 0.407 e. The van der Waals surface area contributed by atoms with Crippen LogP contribution in [0.3, 0.4) is 0 Å². The Hall–Kier alpha value is -3.67. The van der Waals surface area contributed by atoms with E-state index >= 15 is 0 Å². The average molecular weight is 595 g/mol. The summed E-state index contributed by atoms with van der Waals surface area (Å²) in [5, 5.41) is 2.74. The average Bonchev–Trinajstić information content (AvgIpc) is 3.35. The zero-order valence-electron chi connectivity index (χ0n) is 24.5. The number of nitrogens with one attached hydrogen (secondary N) is 1. The normalized spacial score (nSPS) is 12.1. The number of hydrogen-bond donors (Lipinski definition) is 2. The molecule has 3 aromatic rings. The minimum absolute atomic E-state index is 0.0420. The third-order valence-electron chi connectivity index (χ3n) is 6.75. The lowest BCUT2D eigenvalue weighted by molar-refractivity contribution is -0.0124. The van der Waals surface area contributed by atoms with Crippen molar-refractivity contribution < 1.29 is 38.0 Å². The molecule has 1 aliphatic carbocycles. The summed E-state index contributed by atoms with van der Waals surface area (Å²) < 4.78 is 38.5. The molecule has 0 atom stereocenters. The van der Waals surface area contributed by atoms with Crippen LogP contribution < -0.4 is 15.8 Å². The first-order chi connectivity index (χ1) is 21.2. The van der Waals surface area contributed by atoms with Gasteiger partial charge in [-0.15, -0.1) is 0 Å². The molecule has 232 valence electrons. The number of fused-ring (bicyclic) bond motifs is 3. The molecule has 10 nitrogen and oxygen atoms in total. The predicted octanol–water partition coefficient (Wildman–Crippen LogP) is 4.27. The Bertz CT molecular complexity index is 1200. The van der Waals surface area contributed by atoms with E-state index in [0.29, 0.717) is 97.3 Å². The number of carbonyl (C=O) groups excluding carboxylic acids is 1. The molecule has 0 heterocycles. The third-order valence-corrected chi connectivity index (χ3v) is 6.75. The molecule has 4 rings (SSSR count). The number of para-hydroxylation sites is 2. The SMILES string of the molecule is Nc1ccccc1OCCOCCOCCOCCOCCOCCNC(=O)OCC1c2ccccc2-c2ccccc21. The number of nitrogens with two attached hydrogens (primary N) is 1. The Balaban J connectivity index is 0.891. The summed E-state index contributed by atoms with van der Waals surface area (Å²) in [6.45, 7) is 5.68. The number of hydrogen-bond acceptors (Lipinski definition) is 9. The molecule has 0 aliphatic heterocycles. The molecule has 43 heavy (non-hydrogen) atoms. The number of anilines is 1. The second kappa shape index (κ2) is 18.8. The van der Waals surface area contributed by atoms with E-state index in [1.54, 1.807) is 6.07 Å². The number of benzene rings is 3. The van der Waals surface area contributed by atoms with E-state index in [0.717, 1.165) is 0 Å². The minimum atomic E-state index is -0.449. The van der Waals surface area contributed by atoms with Crippen molar-refractivity contribution in [1.82, 2.24) is 5.32 Å². The van der Waals surface area contributed by atoms with E-state index in [-0.39, 0.29) is 5.92 Å². The topological polar surface area (TPSA) is 120 Å². The van der Waals surface area contributed by atoms with E-state index in [9.17, 15) is 4.79 Å². The van der Waals surface area contributed by atoms with Gasteiger partial charge in [0.1, 0.15) is 19.0 Å². The molecule has 0 bridgehead atoms. The van der Waals surface area contributed by atoms with Gasteiger partial charge < -0.3 is 44.2 Å². The van der Waals surface area contributed by atoms with Crippen LogP contribution in [0.15, 0.2) is 72.8 Å². The summed E-state index contributed by atoms with van der Waals surface area (Å²) in [7, 11) is 0. The Kier molecular flexibility index (Phi) is 14.1. The molecule has 0 aromatic heterocycles. The van der Waals surface area contributed by atoms with Gasteiger partial charge in [0.05, 0.1) is 71.8 Å². The van der Waals surface area contributed by atoms with Crippen LogP contribution in [0.1, 0.15) is 17.0 Å². The fourth-order valence-corrected chi connectivity index (χ4v) is 4.68. The molecule has 3 aromatic carbocycles. The molecule has 0 saturated carbocycles. The van der Waals surface area contributed by atoms with E-state index in [4.69, 9.17) is 38.9 Å². The van der Waals surface area contributed by atoms with Crippen LogP contribution >= 0.6 is 0 Å². The van der Waals surface area contributed by atoms with Crippen LogP contribution in [0.2, 0.25) is 0 Å². The highest BCUT2D eigenvalue weighted by molar-refractivity contribution is 5.79. The highest BCUT2D eigenvalue weighted by atomic mass is 16.6. The summed E-state index contributed by atoms with van der Waals surface area (Å²) in [4.78, 5) is 12.2. The third kappa shape index (κ3) is 10.8. The maximum atomic E-state index is 12.2. The standard InChI is InChI=1S/C33H42N2O8/c34-31-11-5-6-12-32(31)42-24-23-41-22-21-40-20-19-39-18-17-38-16-15-37-14-13-35-33(36)43-25-30-28-9-3-1-7-26(28)27-8-2-4-10-29(27)30/h1-12,30H,13-25,34H2,(H,35,36). The predicted molar refractivity (Wildman–Crippen MR) is 164 cm³/mol. The zero-order chi connectivity index (χ0) is 30.0. The van der Waals surface area contributed by atoms with Gasteiger partial charge >= 0.3 is 6.09 Å². The molecule has 10 heteroatoms. The number of nitrogen functional groups attached to an aromatic ring is 1. The van der Waals surface area contributed by atoms with Crippen LogP contribution in [-0.2, 0) is 28.4 Å². The largest absolute Gasteiger partial charge is 0.489 e. The van der Waals surface area contributed by atoms with Gasteiger partial charge in [-0.05, 0) is 34.4 Å². The van der Waals surface area contributed by atoms with Crippen molar-refractivity contribution in [2.45, 2.75) is 5.92 Å². The number of amides is 1. The van der Waals surface area contributed by atoms with Crippen LogP contribution in [0.25, 0.3) is 11.1 Å². The fraction of sp³-hybridized carbons (Fsp3) is 0.424. The van der Waals surface area contributed by atoms with Crippen LogP contribution in [0.5, 0.6) is 5.75 Å². The molecule has 3 N–H and O–H groups in total. The van der Waals surface area contributed by atoms with Crippen molar-refractivity contribution in [3.63, 3.8) is 0 Å². The van der Waals surface area contributed by atoms with Gasteiger partial charge in [-0.2, -0.15) is 0 Å². The summed E-state index contributed by atoms with van der Waals surface area (Å²) in [5.41, 5.74) is 11.2. The highest BCUT2D eigenvalue weighted by Crippen LogP contribution is 2.44. The highest BCUT2D eigenvalue weighted by Gasteiger charge is 2.28. The summed E-state index contributed by atoms with van der Waals surface area (Å²) in [6.07, 6.45) is -0.449. The maximum absolute atomic E-state index is 12.2. The zero-order valence-corrected chi connectivity index (χ0v) is 24.5. The van der Waals surface area contributed by atoms with Crippen molar-refractivity contribution >= 4 is 11.8 Å². The van der Waals surface area contributed by atoms with E-state index in [2.05, 4.69) is 29.6 Å². The number of ether oxygens (including phenoxy) is 7. The fourth-order valence-electron chi connectivity index (χ4n) is 4.68. The van der Waals surface area contributed by atoms with Gasteiger partial charge in [-0.1, -0.05) is 60.7 Å². The van der Waals surface area contributed by atoms with Gasteiger partial charge in [0, 0.05) is 12.5 Å². The molecule has 1 aliphatic rings. The number of alkyl carbamates (subject to hydrolysis) is 1. The summed E-state index contributed by atoms with van der Waals surface area (Å²) in [6, 6.07) is 23.9. The van der Waals surface area contributed by atoms with Crippen molar-refractivity contribution in [3.05, 3.63) is 83.9 Å². The quantitative estimate of drug-likeness (QED) is 0.138.